The quantitative estimate of drug-likeness (QED) is 0.387. The van der Waals surface area contributed by atoms with Crippen molar-refractivity contribution in [2.45, 2.75) is 20.1 Å². The molecule has 0 aliphatic heterocycles. The maximum atomic E-state index is 13.5. The zero-order valence-electron chi connectivity index (χ0n) is 17.7. The van der Waals surface area contributed by atoms with Gasteiger partial charge in [0, 0.05) is 5.39 Å². The van der Waals surface area contributed by atoms with Gasteiger partial charge in [0.1, 0.15) is 35.5 Å². The second kappa shape index (κ2) is 8.99. The van der Waals surface area contributed by atoms with Crippen LogP contribution in [0.1, 0.15) is 17.3 Å². The van der Waals surface area contributed by atoms with Gasteiger partial charge in [-0.1, -0.05) is 12.1 Å². The minimum Gasteiger partial charge on any atom is -0.482 e. The summed E-state index contributed by atoms with van der Waals surface area (Å²) < 4.78 is 24.8. The summed E-state index contributed by atoms with van der Waals surface area (Å²) in [4.78, 5) is 13.0. The van der Waals surface area contributed by atoms with Gasteiger partial charge in [-0.2, -0.15) is 10.2 Å². The van der Waals surface area contributed by atoms with Gasteiger partial charge < -0.3 is 14.5 Å². The van der Waals surface area contributed by atoms with Crippen molar-refractivity contribution < 1.29 is 13.5 Å². The molecule has 3 heterocycles. The summed E-state index contributed by atoms with van der Waals surface area (Å²) in [6.07, 6.45) is 4.52. The number of benzene rings is 2. The normalized spacial score (nSPS) is 11.0. The lowest BCUT2D eigenvalue weighted by Gasteiger charge is -2.13. The number of halogens is 1. The second-order valence-corrected chi connectivity index (χ2v) is 7.33. The van der Waals surface area contributed by atoms with E-state index in [1.54, 1.807) is 18.3 Å². The molecule has 0 saturated heterocycles. The monoisotopic (exact) mass is 442 g/mol. The zero-order valence-corrected chi connectivity index (χ0v) is 17.7. The van der Waals surface area contributed by atoms with Crippen molar-refractivity contribution in [2.24, 2.45) is 0 Å². The minimum absolute atomic E-state index is 0.140. The number of hydrogen-bond acceptors (Lipinski definition) is 8. The molecule has 0 unspecified atom stereocenters. The molecule has 0 radical (unpaired) electrons. The largest absolute Gasteiger partial charge is 0.482 e. The molecule has 3 aromatic heterocycles. The average molecular weight is 442 g/mol. The lowest BCUT2D eigenvalue weighted by Crippen LogP contribution is -2.06. The Balaban J connectivity index is 1.54. The molecular formula is C24H19FN6O2. The summed E-state index contributed by atoms with van der Waals surface area (Å²) >= 11 is 0. The number of nitrogens with one attached hydrogen (secondary N) is 1. The molecule has 0 aliphatic rings. The van der Waals surface area contributed by atoms with E-state index in [4.69, 9.17) is 9.15 Å². The smallest absolute Gasteiger partial charge is 0.232 e. The molecule has 5 rings (SSSR count). The first kappa shape index (κ1) is 20.5. The Hall–Kier alpha value is -4.40. The molecule has 0 amide bonds. The molecule has 0 bridgehead atoms. The SMILES string of the molecule is Cc1ccc(CNc2ncnc3c(OCc4ncco4)cc(-c4ccc(F)cc4)cc23)nn1. The molecule has 8 nitrogen and oxygen atoms in total. The van der Waals surface area contributed by atoms with Crippen LogP contribution in [0.5, 0.6) is 5.75 Å². The van der Waals surface area contributed by atoms with Crippen LogP contribution in [0.15, 0.2) is 71.7 Å². The number of aromatic nitrogens is 5. The number of hydrogen-bond donors (Lipinski definition) is 1. The molecule has 9 heteroatoms. The highest BCUT2D eigenvalue weighted by Crippen LogP contribution is 2.34. The highest BCUT2D eigenvalue weighted by Gasteiger charge is 2.14. The van der Waals surface area contributed by atoms with Crippen molar-refractivity contribution in [2.75, 3.05) is 5.32 Å². The maximum absolute atomic E-state index is 13.5. The topological polar surface area (TPSA) is 98.9 Å². The molecular weight excluding hydrogens is 423 g/mol. The van der Waals surface area contributed by atoms with Crippen LogP contribution in [0, 0.1) is 12.7 Å². The number of anilines is 1. The molecule has 0 fully saturated rings. The Labute approximate surface area is 188 Å². The van der Waals surface area contributed by atoms with Gasteiger partial charge in [-0.3, -0.25) is 0 Å². The molecule has 164 valence electrons. The molecule has 33 heavy (non-hydrogen) atoms. The predicted octanol–water partition coefficient (Wildman–Crippen LogP) is 4.71. The van der Waals surface area contributed by atoms with E-state index in [2.05, 4.69) is 30.5 Å². The van der Waals surface area contributed by atoms with Crippen LogP contribution in [0.4, 0.5) is 10.2 Å². The van der Waals surface area contributed by atoms with Gasteiger partial charge in [0.15, 0.2) is 6.61 Å². The lowest BCUT2D eigenvalue weighted by molar-refractivity contribution is 0.265. The predicted molar refractivity (Wildman–Crippen MR) is 120 cm³/mol. The van der Waals surface area contributed by atoms with E-state index in [1.165, 1.54) is 24.7 Å². The van der Waals surface area contributed by atoms with Gasteiger partial charge in [-0.05, 0) is 54.4 Å². The molecule has 5 aromatic rings. The molecule has 2 aromatic carbocycles. The van der Waals surface area contributed by atoms with Crippen molar-refractivity contribution in [3.05, 3.63) is 90.4 Å². The fourth-order valence-corrected chi connectivity index (χ4v) is 3.35. The number of aryl methyl sites for hydroxylation is 1. The third-order valence-corrected chi connectivity index (χ3v) is 5.01. The third kappa shape index (κ3) is 4.62. The van der Waals surface area contributed by atoms with Crippen molar-refractivity contribution in [3.63, 3.8) is 0 Å². The molecule has 1 N–H and O–H groups in total. The van der Waals surface area contributed by atoms with Gasteiger partial charge in [-0.15, -0.1) is 0 Å². The Kier molecular flexibility index (Phi) is 5.59. The highest BCUT2D eigenvalue weighted by molar-refractivity contribution is 5.96. The second-order valence-electron chi connectivity index (χ2n) is 7.33. The van der Waals surface area contributed by atoms with Crippen LogP contribution in [0.2, 0.25) is 0 Å². The first-order valence-electron chi connectivity index (χ1n) is 10.2. The Morgan fingerprint density at radius 3 is 2.61 bits per heavy atom. The van der Waals surface area contributed by atoms with Gasteiger partial charge >= 0.3 is 0 Å². The zero-order chi connectivity index (χ0) is 22.6. The fourth-order valence-electron chi connectivity index (χ4n) is 3.35. The summed E-state index contributed by atoms with van der Waals surface area (Å²) in [5.74, 6) is 1.29. The van der Waals surface area contributed by atoms with Crippen LogP contribution in [-0.2, 0) is 13.2 Å². The van der Waals surface area contributed by atoms with Crippen LogP contribution < -0.4 is 10.1 Å². The van der Waals surface area contributed by atoms with E-state index >= 15 is 0 Å². The summed E-state index contributed by atoms with van der Waals surface area (Å²) in [5.41, 5.74) is 3.92. The first-order chi connectivity index (χ1) is 16.2. The van der Waals surface area contributed by atoms with Crippen LogP contribution >= 0.6 is 0 Å². The standard InChI is InChI=1S/C24H19FN6O2/c1-15-2-7-19(31-30-15)12-27-24-20-10-17(16-3-5-18(25)6-4-16)11-21(23(20)28-14-29-24)33-13-22-26-8-9-32-22/h2-11,14H,12-13H2,1H3,(H,27,28,29). The van der Waals surface area contributed by atoms with E-state index in [0.717, 1.165) is 27.9 Å². The summed E-state index contributed by atoms with van der Waals surface area (Å²) in [6.45, 7) is 2.46. The Morgan fingerprint density at radius 1 is 0.970 bits per heavy atom. The third-order valence-electron chi connectivity index (χ3n) is 5.01. The summed E-state index contributed by atoms with van der Waals surface area (Å²) in [7, 11) is 0. The molecule has 0 spiro atoms. The molecule has 0 atom stereocenters. The van der Waals surface area contributed by atoms with Crippen molar-refractivity contribution in [1.29, 1.82) is 0 Å². The molecule has 0 saturated carbocycles. The Bertz CT molecular complexity index is 1370. The first-order valence-corrected chi connectivity index (χ1v) is 10.2. The number of oxazole rings is 1. The van der Waals surface area contributed by atoms with Crippen LogP contribution in [0.25, 0.3) is 22.0 Å². The van der Waals surface area contributed by atoms with Crippen molar-refractivity contribution >= 4 is 16.7 Å². The lowest BCUT2D eigenvalue weighted by atomic mass is 10.0. The van der Waals surface area contributed by atoms with Crippen LogP contribution in [-0.4, -0.2) is 25.1 Å². The van der Waals surface area contributed by atoms with Crippen molar-refractivity contribution in [1.82, 2.24) is 25.1 Å². The van der Waals surface area contributed by atoms with E-state index in [9.17, 15) is 4.39 Å². The number of fused-ring (bicyclic) bond motifs is 1. The number of nitrogens with zero attached hydrogens (tertiary/aromatic N) is 5. The van der Waals surface area contributed by atoms with Crippen LogP contribution in [0.3, 0.4) is 0 Å². The molecule has 0 aliphatic carbocycles. The van der Waals surface area contributed by atoms with Gasteiger partial charge in [-0.25, -0.2) is 19.3 Å². The summed E-state index contributed by atoms with van der Waals surface area (Å²) in [5, 5.41) is 12.3. The van der Waals surface area contributed by atoms with Crippen molar-refractivity contribution in [3.8, 4) is 16.9 Å². The average Bonchev–Trinajstić information content (AvgIpc) is 3.36. The van der Waals surface area contributed by atoms with E-state index in [0.29, 0.717) is 29.5 Å². The van der Waals surface area contributed by atoms with E-state index in [-0.39, 0.29) is 12.4 Å². The fraction of sp³-hybridized carbons (Fsp3) is 0.125. The van der Waals surface area contributed by atoms with Gasteiger partial charge in [0.2, 0.25) is 5.89 Å². The van der Waals surface area contributed by atoms with Gasteiger partial charge in [0.25, 0.3) is 0 Å². The van der Waals surface area contributed by atoms with E-state index in [1.807, 2.05) is 31.2 Å². The van der Waals surface area contributed by atoms with E-state index < -0.39 is 0 Å². The number of ether oxygens (including phenoxy) is 1. The number of rotatable bonds is 7. The highest BCUT2D eigenvalue weighted by atomic mass is 19.1. The Morgan fingerprint density at radius 2 is 1.85 bits per heavy atom. The minimum atomic E-state index is -0.301. The summed E-state index contributed by atoms with van der Waals surface area (Å²) in [6, 6.07) is 13.9. The van der Waals surface area contributed by atoms with Gasteiger partial charge in [0.05, 0.1) is 24.1 Å². The maximum Gasteiger partial charge on any atom is 0.232 e.